The van der Waals surface area contributed by atoms with E-state index >= 15 is 0 Å². The maximum Gasteiger partial charge on any atom is 0.130 e. The fourth-order valence-electron chi connectivity index (χ4n) is 2.22. The van der Waals surface area contributed by atoms with E-state index in [0.717, 1.165) is 24.4 Å². The average molecular weight is 238 g/mol. The van der Waals surface area contributed by atoms with Gasteiger partial charge in [0.15, 0.2) is 0 Å². The molecule has 5 heteroatoms. The molecule has 1 unspecified atom stereocenters. The molecule has 3 heterocycles. The van der Waals surface area contributed by atoms with Crippen LogP contribution in [0.15, 0.2) is 22.9 Å². The Morgan fingerprint density at radius 2 is 2.50 bits per heavy atom. The second-order valence-corrected chi connectivity index (χ2v) is 4.36. The van der Waals surface area contributed by atoms with E-state index < -0.39 is 0 Å². The third-order valence-electron chi connectivity index (χ3n) is 3.00. The highest BCUT2D eigenvalue weighted by Crippen LogP contribution is 2.32. The second-order valence-electron chi connectivity index (χ2n) is 3.95. The quantitative estimate of drug-likeness (QED) is 0.824. The van der Waals surface area contributed by atoms with Crippen molar-refractivity contribution in [2.75, 3.05) is 6.54 Å². The van der Waals surface area contributed by atoms with Crippen molar-refractivity contribution >= 4 is 11.6 Å². The molecule has 84 valence electrons. The lowest BCUT2D eigenvalue weighted by atomic mass is 10.0. The van der Waals surface area contributed by atoms with E-state index in [1.165, 1.54) is 5.56 Å². The number of halogens is 1. The summed E-state index contributed by atoms with van der Waals surface area (Å²) in [6.07, 6.45) is 4.39. The fraction of sp³-hybridized carbons (Fsp3) is 0.364. The van der Waals surface area contributed by atoms with Crippen LogP contribution in [0.5, 0.6) is 0 Å². The lowest BCUT2D eigenvalue weighted by molar-refractivity contribution is 0.412. The van der Waals surface area contributed by atoms with Gasteiger partial charge in [-0.25, -0.2) is 0 Å². The number of hydrogen-bond donors (Lipinski definition) is 1. The second kappa shape index (κ2) is 3.64. The minimum absolute atomic E-state index is 0.0127. The summed E-state index contributed by atoms with van der Waals surface area (Å²) in [6.45, 7) is 0.929. The van der Waals surface area contributed by atoms with Crippen molar-refractivity contribution in [2.45, 2.75) is 12.5 Å². The lowest BCUT2D eigenvalue weighted by Gasteiger charge is -2.23. The Balaban J connectivity index is 2.10. The molecule has 1 N–H and O–H groups in total. The van der Waals surface area contributed by atoms with E-state index in [2.05, 4.69) is 10.4 Å². The molecular weight excluding hydrogens is 226 g/mol. The molecule has 0 radical (unpaired) electrons. The summed E-state index contributed by atoms with van der Waals surface area (Å²) in [5.74, 6) is 0.955. The Hall–Kier alpha value is -1.26. The smallest absolute Gasteiger partial charge is 0.130 e. The van der Waals surface area contributed by atoms with Gasteiger partial charge in [0.2, 0.25) is 0 Å². The molecule has 0 saturated heterocycles. The summed E-state index contributed by atoms with van der Waals surface area (Å²) in [5.41, 5.74) is 2.21. The van der Waals surface area contributed by atoms with Gasteiger partial charge in [0.25, 0.3) is 0 Å². The van der Waals surface area contributed by atoms with Gasteiger partial charge in [-0.3, -0.25) is 4.68 Å². The summed E-state index contributed by atoms with van der Waals surface area (Å²) >= 11 is 6.15. The van der Waals surface area contributed by atoms with E-state index in [9.17, 15) is 0 Å². The van der Waals surface area contributed by atoms with E-state index in [-0.39, 0.29) is 6.04 Å². The molecule has 1 atom stereocenters. The topological polar surface area (TPSA) is 43.0 Å². The molecule has 1 aliphatic rings. The normalized spacial score (nSPS) is 19.8. The van der Waals surface area contributed by atoms with Gasteiger partial charge in [-0.2, -0.15) is 5.10 Å². The van der Waals surface area contributed by atoms with Gasteiger partial charge in [0.05, 0.1) is 23.2 Å². The minimum Gasteiger partial charge on any atom is -0.467 e. The number of fused-ring (bicyclic) bond motifs is 1. The van der Waals surface area contributed by atoms with Crippen LogP contribution in [-0.2, 0) is 13.5 Å². The molecule has 0 spiro atoms. The van der Waals surface area contributed by atoms with Crippen LogP contribution in [0.1, 0.15) is 23.1 Å². The van der Waals surface area contributed by atoms with Crippen molar-refractivity contribution in [1.82, 2.24) is 15.1 Å². The molecule has 0 bridgehead atoms. The van der Waals surface area contributed by atoms with Gasteiger partial charge < -0.3 is 9.73 Å². The van der Waals surface area contributed by atoms with Gasteiger partial charge in [-0.15, -0.1) is 0 Å². The first-order valence-corrected chi connectivity index (χ1v) is 5.62. The Labute approximate surface area is 98.2 Å². The third kappa shape index (κ3) is 1.37. The van der Waals surface area contributed by atoms with E-state index in [4.69, 9.17) is 16.0 Å². The Bertz CT molecular complexity index is 498. The third-order valence-corrected chi connectivity index (χ3v) is 3.29. The van der Waals surface area contributed by atoms with Crippen LogP contribution in [0.25, 0.3) is 0 Å². The van der Waals surface area contributed by atoms with Gasteiger partial charge in [-0.05, 0) is 18.1 Å². The number of furan rings is 1. The minimum atomic E-state index is 0.0127. The van der Waals surface area contributed by atoms with E-state index in [1.807, 2.05) is 13.1 Å². The summed E-state index contributed by atoms with van der Waals surface area (Å²) in [7, 11) is 1.89. The van der Waals surface area contributed by atoms with Crippen LogP contribution in [0.2, 0.25) is 5.02 Å². The predicted molar refractivity (Wildman–Crippen MR) is 60.5 cm³/mol. The van der Waals surface area contributed by atoms with Gasteiger partial charge in [0.1, 0.15) is 11.8 Å². The van der Waals surface area contributed by atoms with Crippen molar-refractivity contribution in [3.05, 3.63) is 40.6 Å². The molecule has 0 aliphatic carbocycles. The Morgan fingerprint density at radius 3 is 3.25 bits per heavy atom. The van der Waals surface area contributed by atoms with Crippen molar-refractivity contribution < 1.29 is 4.42 Å². The molecule has 2 aromatic heterocycles. The highest BCUT2D eigenvalue weighted by molar-refractivity contribution is 6.31. The molecular formula is C11H12ClN3O. The van der Waals surface area contributed by atoms with Crippen molar-refractivity contribution in [2.24, 2.45) is 7.05 Å². The fourth-order valence-corrected chi connectivity index (χ4v) is 2.49. The largest absolute Gasteiger partial charge is 0.467 e. The SMILES string of the molecule is Cn1ncc(Cl)c1C1NCCc2ccoc21. The van der Waals surface area contributed by atoms with Crippen molar-refractivity contribution in [3.63, 3.8) is 0 Å². The van der Waals surface area contributed by atoms with Crippen LogP contribution in [0.4, 0.5) is 0 Å². The lowest BCUT2D eigenvalue weighted by Crippen LogP contribution is -2.31. The first kappa shape index (κ1) is 9.93. The molecule has 3 rings (SSSR count). The van der Waals surface area contributed by atoms with Crippen LogP contribution in [-0.4, -0.2) is 16.3 Å². The zero-order valence-corrected chi connectivity index (χ0v) is 9.66. The molecule has 1 aliphatic heterocycles. The molecule has 4 nitrogen and oxygen atoms in total. The number of nitrogens with zero attached hydrogens (tertiary/aromatic N) is 2. The average Bonchev–Trinajstić information content (AvgIpc) is 2.86. The van der Waals surface area contributed by atoms with Gasteiger partial charge in [0, 0.05) is 13.6 Å². The molecule has 0 amide bonds. The molecule has 0 aromatic carbocycles. The highest BCUT2D eigenvalue weighted by atomic mass is 35.5. The highest BCUT2D eigenvalue weighted by Gasteiger charge is 2.28. The Kier molecular flexibility index (Phi) is 2.26. The van der Waals surface area contributed by atoms with Crippen LogP contribution in [0, 0.1) is 0 Å². The number of hydrogen-bond acceptors (Lipinski definition) is 3. The Morgan fingerprint density at radius 1 is 1.62 bits per heavy atom. The summed E-state index contributed by atoms with van der Waals surface area (Å²) in [6, 6.07) is 2.03. The number of aromatic nitrogens is 2. The first-order chi connectivity index (χ1) is 7.77. The molecule has 0 fully saturated rings. The first-order valence-electron chi connectivity index (χ1n) is 5.24. The zero-order valence-electron chi connectivity index (χ0n) is 8.90. The number of nitrogens with one attached hydrogen (secondary N) is 1. The molecule has 0 saturated carbocycles. The molecule has 16 heavy (non-hydrogen) atoms. The van der Waals surface area contributed by atoms with E-state index in [0.29, 0.717) is 5.02 Å². The maximum absolute atomic E-state index is 6.15. The summed E-state index contributed by atoms with van der Waals surface area (Å²) < 4.78 is 7.33. The number of rotatable bonds is 1. The van der Waals surface area contributed by atoms with E-state index in [1.54, 1.807) is 17.1 Å². The van der Waals surface area contributed by atoms with Crippen LogP contribution < -0.4 is 5.32 Å². The monoisotopic (exact) mass is 237 g/mol. The van der Waals surface area contributed by atoms with Gasteiger partial charge in [-0.1, -0.05) is 11.6 Å². The number of aryl methyl sites for hydroxylation is 1. The summed E-state index contributed by atoms with van der Waals surface area (Å²) in [4.78, 5) is 0. The molecule has 2 aromatic rings. The van der Waals surface area contributed by atoms with Gasteiger partial charge >= 0.3 is 0 Å². The van der Waals surface area contributed by atoms with Crippen molar-refractivity contribution in [1.29, 1.82) is 0 Å². The predicted octanol–water partition coefficient (Wildman–Crippen LogP) is 1.90. The van der Waals surface area contributed by atoms with Crippen LogP contribution in [0.3, 0.4) is 0 Å². The van der Waals surface area contributed by atoms with Crippen molar-refractivity contribution in [3.8, 4) is 0 Å². The summed E-state index contributed by atoms with van der Waals surface area (Å²) in [5, 5.41) is 8.23. The zero-order chi connectivity index (χ0) is 11.1. The van der Waals surface area contributed by atoms with Crippen LogP contribution >= 0.6 is 11.6 Å². The maximum atomic E-state index is 6.15. The standard InChI is InChI=1S/C11H12ClN3O/c1-15-10(8(12)6-14-15)9-11-7(2-4-13-9)3-5-16-11/h3,5-6,9,13H,2,4H2,1H3.